The third-order valence-electron chi connectivity index (χ3n) is 4.82. The van der Waals surface area contributed by atoms with E-state index in [9.17, 15) is 14.0 Å². The van der Waals surface area contributed by atoms with Gasteiger partial charge in [-0.1, -0.05) is 17.4 Å². The van der Waals surface area contributed by atoms with Gasteiger partial charge >= 0.3 is 0 Å². The summed E-state index contributed by atoms with van der Waals surface area (Å²) < 4.78 is 18.4. The second kappa shape index (κ2) is 10.2. The third kappa shape index (κ3) is 5.62. The number of benzene rings is 1. The van der Waals surface area contributed by atoms with E-state index in [4.69, 9.17) is 4.74 Å². The van der Waals surface area contributed by atoms with E-state index in [2.05, 4.69) is 25.4 Å². The number of carbonyl (C=O) groups excluding carboxylic acids is 2. The molecular formula is C21H21FN6O3S. The Labute approximate surface area is 187 Å². The molecule has 0 bridgehead atoms. The van der Waals surface area contributed by atoms with E-state index in [-0.39, 0.29) is 29.9 Å². The normalized spacial score (nSPS) is 13.8. The van der Waals surface area contributed by atoms with Gasteiger partial charge in [0.05, 0.1) is 0 Å². The average molecular weight is 457 g/mol. The van der Waals surface area contributed by atoms with Crippen LogP contribution in [0.4, 0.5) is 15.9 Å². The van der Waals surface area contributed by atoms with Crippen molar-refractivity contribution < 1.29 is 18.7 Å². The van der Waals surface area contributed by atoms with Crippen molar-refractivity contribution in [2.24, 2.45) is 0 Å². The highest BCUT2D eigenvalue weighted by Gasteiger charge is 2.22. The number of hydrogen-bond acceptors (Lipinski definition) is 8. The van der Waals surface area contributed by atoms with Crippen LogP contribution < -0.4 is 10.2 Å². The number of carbonyl (C=O) groups is 2. The highest BCUT2D eigenvalue weighted by molar-refractivity contribution is 7.13. The monoisotopic (exact) mass is 456 g/mol. The van der Waals surface area contributed by atoms with E-state index in [1.165, 1.54) is 24.3 Å². The maximum Gasteiger partial charge on any atom is 0.286 e. The molecule has 1 N–H and O–H groups in total. The minimum Gasteiger partial charge on any atom is -0.364 e. The molecule has 0 saturated carbocycles. The number of hydrogen-bond donors (Lipinski definition) is 1. The second-order valence-electron chi connectivity index (χ2n) is 7.01. The standard InChI is InChI=1S/C21H21FN6O3S/c22-15-4-6-16(7-5-15)24-20(30)21-26-25-18(32-21)13-31-14-19(29)28-11-9-27(10-12-28)17-3-1-2-8-23-17/h1-8H,9-14H2,(H,24,30). The fourth-order valence-corrected chi connectivity index (χ4v) is 3.84. The van der Waals surface area contributed by atoms with Crippen LogP contribution >= 0.6 is 11.3 Å². The molecule has 0 spiro atoms. The molecule has 1 aromatic carbocycles. The Hall–Kier alpha value is -3.44. The van der Waals surface area contributed by atoms with Crippen LogP contribution in [0.5, 0.6) is 0 Å². The smallest absolute Gasteiger partial charge is 0.286 e. The molecule has 0 radical (unpaired) electrons. The maximum atomic E-state index is 13.0. The van der Waals surface area contributed by atoms with Crippen molar-refractivity contribution in [3.8, 4) is 0 Å². The summed E-state index contributed by atoms with van der Waals surface area (Å²) in [6, 6.07) is 11.2. The van der Waals surface area contributed by atoms with E-state index >= 15 is 0 Å². The Morgan fingerprint density at radius 3 is 2.56 bits per heavy atom. The van der Waals surface area contributed by atoms with Gasteiger partial charge in [-0.25, -0.2) is 9.37 Å². The summed E-state index contributed by atoms with van der Waals surface area (Å²) >= 11 is 1.08. The molecule has 0 atom stereocenters. The Kier molecular flexibility index (Phi) is 6.97. The average Bonchev–Trinajstić information content (AvgIpc) is 3.30. The van der Waals surface area contributed by atoms with Crippen LogP contribution in [0.25, 0.3) is 0 Å². The van der Waals surface area contributed by atoms with Gasteiger partial charge in [0, 0.05) is 38.1 Å². The van der Waals surface area contributed by atoms with Crippen molar-refractivity contribution in [1.29, 1.82) is 0 Å². The van der Waals surface area contributed by atoms with Crippen molar-refractivity contribution in [3.05, 3.63) is 64.5 Å². The van der Waals surface area contributed by atoms with Crippen molar-refractivity contribution in [2.45, 2.75) is 6.61 Å². The summed E-state index contributed by atoms with van der Waals surface area (Å²) in [7, 11) is 0. The minimum atomic E-state index is -0.442. The number of amides is 2. The molecule has 4 rings (SSSR count). The molecule has 9 nitrogen and oxygen atoms in total. The number of piperazine rings is 1. The van der Waals surface area contributed by atoms with Crippen LogP contribution in [-0.4, -0.2) is 64.7 Å². The zero-order valence-corrected chi connectivity index (χ0v) is 17.9. The van der Waals surface area contributed by atoms with Gasteiger partial charge in [-0.3, -0.25) is 9.59 Å². The maximum absolute atomic E-state index is 13.0. The molecule has 1 aliphatic heterocycles. The SMILES string of the molecule is O=C(Nc1ccc(F)cc1)c1nnc(COCC(=O)N2CCN(c3ccccn3)CC2)s1. The molecule has 11 heteroatoms. The Morgan fingerprint density at radius 1 is 1.06 bits per heavy atom. The van der Waals surface area contributed by atoms with Gasteiger partial charge in [-0.2, -0.15) is 0 Å². The number of rotatable bonds is 7. The van der Waals surface area contributed by atoms with Crippen molar-refractivity contribution in [3.63, 3.8) is 0 Å². The predicted octanol–water partition coefficient (Wildman–Crippen LogP) is 2.19. The summed E-state index contributed by atoms with van der Waals surface area (Å²) in [6.07, 6.45) is 1.76. The fourth-order valence-electron chi connectivity index (χ4n) is 3.16. The summed E-state index contributed by atoms with van der Waals surface area (Å²) in [4.78, 5) is 32.9. The van der Waals surface area contributed by atoms with Crippen LogP contribution in [0.3, 0.4) is 0 Å². The van der Waals surface area contributed by atoms with Gasteiger partial charge in [0.25, 0.3) is 5.91 Å². The lowest BCUT2D eigenvalue weighted by Gasteiger charge is -2.35. The zero-order chi connectivity index (χ0) is 22.3. The van der Waals surface area contributed by atoms with Crippen molar-refractivity contribution in [2.75, 3.05) is 43.0 Å². The van der Waals surface area contributed by atoms with Crippen molar-refractivity contribution in [1.82, 2.24) is 20.1 Å². The van der Waals surface area contributed by atoms with Crippen molar-refractivity contribution >= 4 is 34.7 Å². The summed E-state index contributed by atoms with van der Waals surface area (Å²) in [5.74, 6) is -0.0129. The first kappa shape index (κ1) is 21.8. The van der Waals surface area contributed by atoms with Gasteiger partial charge < -0.3 is 19.9 Å². The molecule has 166 valence electrons. The minimum absolute atomic E-state index is 0.0692. The molecule has 2 amide bonds. The quantitative estimate of drug-likeness (QED) is 0.582. The van der Waals surface area contributed by atoms with E-state index in [0.717, 1.165) is 17.2 Å². The third-order valence-corrected chi connectivity index (χ3v) is 5.72. The lowest BCUT2D eigenvalue weighted by Crippen LogP contribution is -2.50. The molecule has 1 saturated heterocycles. The van der Waals surface area contributed by atoms with E-state index in [1.54, 1.807) is 11.1 Å². The first-order chi connectivity index (χ1) is 15.6. The van der Waals surface area contributed by atoms with Gasteiger partial charge in [0.1, 0.15) is 29.9 Å². The topological polar surface area (TPSA) is 101 Å². The molecule has 3 heterocycles. The first-order valence-corrected chi connectivity index (χ1v) is 10.8. The number of nitrogens with zero attached hydrogens (tertiary/aromatic N) is 5. The number of ether oxygens (including phenoxy) is 1. The Morgan fingerprint density at radius 2 is 1.84 bits per heavy atom. The molecule has 32 heavy (non-hydrogen) atoms. The van der Waals surface area contributed by atoms with Crippen LogP contribution in [-0.2, 0) is 16.1 Å². The predicted molar refractivity (Wildman–Crippen MR) is 117 cm³/mol. The molecule has 3 aromatic rings. The number of aromatic nitrogens is 3. The molecule has 0 aliphatic carbocycles. The van der Waals surface area contributed by atoms with Crippen LogP contribution in [0.2, 0.25) is 0 Å². The van der Waals surface area contributed by atoms with E-state index in [0.29, 0.717) is 36.9 Å². The van der Waals surface area contributed by atoms with Crippen LogP contribution in [0.1, 0.15) is 14.8 Å². The molecule has 2 aromatic heterocycles. The van der Waals surface area contributed by atoms with Crippen LogP contribution in [0, 0.1) is 5.82 Å². The number of halogens is 1. The fraction of sp³-hybridized carbons (Fsp3) is 0.286. The Balaban J connectivity index is 1.19. The van der Waals surface area contributed by atoms with E-state index in [1.807, 2.05) is 18.2 Å². The largest absolute Gasteiger partial charge is 0.364 e. The van der Waals surface area contributed by atoms with Gasteiger partial charge in [0.15, 0.2) is 0 Å². The lowest BCUT2D eigenvalue weighted by molar-refractivity contribution is -0.136. The lowest BCUT2D eigenvalue weighted by atomic mass is 10.3. The van der Waals surface area contributed by atoms with Gasteiger partial charge in [0.2, 0.25) is 10.9 Å². The number of pyridine rings is 1. The molecular weight excluding hydrogens is 435 g/mol. The number of nitrogens with one attached hydrogen (secondary N) is 1. The highest BCUT2D eigenvalue weighted by atomic mass is 32.1. The first-order valence-electron chi connectivity index (χ1n) is 9.99. The second-order valence-corrected chi connectivity index (χ2v) is 8.07. The summed E-state index contributed by atoms with van der Waals surface area (Å²) in [5.41, 5.74) is 0.457. The zero-order valence-electron chi connectivity index (χ0n) is 17.1. The summed E-state index contributed by atoms with van der Waals surface area (Å²) in [6.45, 7) is 2.65. The number of anilines is 2. The summed E-state index contributed by atoms with van der Waals surface area (Å²) in [5, 5.41) is 11.0. The van der Waals surface area contributed by atoms with Gasteiger partial charge in [-0.05, 0) is 36.4 Å². The molecule has 1 fully saturated rings. The highest BCUT2D eigenvalue weighted by Crippen LogP contribution is 2.15. The molecule has 1 aliphatic rings. The Bertz CT molecular complexity index is 1050. The van der Waals surface area contributed by atoms with E-state index < -0.39 is 5.91 Å². The van der Waals surface area contributed by atoms with Gasteiger partial charge in [-0.15, -0.1) is 10.2 Å². The van der Waals surface area contributed by atoms with Crippen LogP contribution in [0.15, 0.2) is 48.7 Å². The molecule has 0 unspecified atom stereocenters.